The van der Waals surface area contributed by atoms with E-state index in [0.29, 0.717) is 33.0 Å². The molecule has 0 spiro atoms. The summed E-state index contributed by atoms with van der Waals surface area (Å²) in [6.45, 7) is 1.46. The minimum absolute atomic E-state index is 0.208. The number of carbonyl (C=O) groups is 1. The first-order valence-corrected chi connectivity index (χ1v) is 7.83. The maximum Gasteiger partial charge on any atom is 0.261 e. The third kappa shape index (κ3) is 3.37. The predicted octanol–water partition coefficient (Wildman–Crippen LogP) is 2.87. The first-order valence-electron chi connectivity index (χ1n) is 7.45. The first kappa shape index (κ1) is 16.7. The number of aromatic nitrogens is 2. The number of fused-ring (bicyclic) bond motifs is 1. The quantitative estimate of drug-likeness (QED) is 0.785. The van der Waals surface area contributed by atoms with Crippen molar-refractivity contribution < 1.29 is 4.79 Å². The molecular formula is C18H13ClN4O2. The van der Waals surface area contributed by atoms with Crippen molar-refractivity contribution in [2.75, 3.05) is 5.32 Å². The van der Waals surface area contributed by atoms with E-state index in [1.807, 2.05) is 6.07 Å². The fourth-order valence-corrected chi connectivity index (χ4v) is 2.69. The Morgan fingerprint density at radius 3 is 2.84 bits per heavy atom. The number of amides is 1. The Morgan fingerprint density at radius 1 is 1.32 bits per heavy atom. The van der Waals surface area contributed by atoms with Gasteiger partial charge < -0.3 is 5.32 Å². The summed E-state index contributed by atoms with van der Waals surface area (Å²) < 4.78 is 1.30. The van der Waals surface area contributed by atoms with Gasteiger partial charge in [0.1, 0.15) is 18.4 Å². The summed E-state index contributed by atoms with van der Waals surface area (Å²) in [6, 6.07) is 13.5. The molecule has 6 nitrogen and oxygen atoms in total. The van der Waals surface area contributed by atoms with Crippen LogP contribution in [0, 0.1) is 18.3 Å². The average Bonchev–Trinajstić information content (AvgIpc) is 2.59. The molecule has 3 aromatic rings. The number of nitriles is 1. The van der Waals surface area contributed by atoms with Crippen LogP contribution < -0.4 is 10.9 Å². The largest absolute Gasteiger partial charge is 0.323 e. The molecule has 25 heavy (non-hydrogen) atoms. The van der Waals surface area contributed by atoms with Gasteiger partial charge in [0.25, 0.3) is 5.56 Å². The molecule has 0 bridgehead atoms. The minimum Gasteiger partial charge on any atom is -0.323 e. The predicted molar refractivity (Wildman–Crippen MR) is 95.5 cm³/mol. The molecule has 0 saturated heterocycles. The third-order valence-corrected chi connectivity index (χ3v) is 3.97. The molecule has 1 N–H and O–H groups in total. The monoisotopic (exact) mass is 352 g/mol. The van der Waals surface area contributed by atoms with Crippen LogP contribution in [0.4, 0.5) is 5.69 Å². The second kappa shape index (κ2) is 6.75. The van der Waals surface area contributed by atoms with Crippen LogP contribution >= 0.6 is 11.6 Å². The Balaban J connectivity index is 1.92. The SMILES string of the molecule is Cc1nc2ccccc2c(=O)n1CC(=O)Nc1cc(Cl)ccc1C#N. The van der Waals surface area contributed by atoms with Crippen molar-refractivity contribution >= 4 is 34.1 Å². The van der Waals surface area contributed by atoms with E-state index >= 15 is 0 Å². The van der Waals surface area contributed by atoms with Crippen molar-refractivity contribution in [1.29, 1.82) is 5.26 Å². The fraction of sp³-hybridized carbons (Fsp3) is 0.111. The Bertz CT molecular complexity index is 1080. The highest BCUT2D eigenvalue weighted by Crippen LogP contribution is 2.20. The molecule has 0 saturated carbocycles. The number of rotatable bonds is 3. The molecule has 0 fully saturated rings. The van der Waals surface area contributed by atoms with Gasteiger partial charge in [-0.05, 0) is 37.3 Å². The number of anilines is 1. The van der Waals surface area contributed by atoms with Crippen LogP contribution in [0.1, 0.15) is 11.4 Å². The number of carbonyl (C=O) groups excluding carboxylic acids is 1. The van der Waals surface area contributed by atoms with Gasteiger partial charge in [0.15, 0.2) is 0 Å². The van der Waals surface area contributed by atoms with E-state index in [1.54, 1.807) is 37.3 Å². The van der Waals surface area contributed by atoms with Crippen molar-refractivity contribution in [3.63, 3.8) is 0 Å². The maximum absolute atomic E-state index is 12.6. The summed E-state index contributed by atoms with van der Waals surface area (Å²) >= 11 is 5.91. The lowest BCUT2D eigenvalue weighted by molar-refractivity contribution is -0.116. The molecular weight excluding hydrogens is 340 g/mol. The second-order valence-corrected chi connectivity index (χ2v) is 5.85. The van der Waals surface area contributed by atoms with Crippen molar-refractivity contribution in [3.8, 4) is 6.07 Å². The summed E-state index contributed by atoms with van der Waals surface area (Å²) in [7, 11) is 0. The Labute approximate surface area is 148 Å². The van der Waals surface area contributed by atoms with Crippen molar-refractivity contribution in [3.05, 3.63) is 69.2 Å². The second-order valence-electron chi connectivity index (χ2n) is 5.42. The molecule has 1 aromatic heterocycles. The van der Waals surface area contributed by atoms with Crippen LogP contribution in [0.25, 0.3) is 10.9 Å². The molecule has 7 heteroatoms. The van der Waals surface area contributed by atoms with Gasteiger partial charge in [0, 0.05) is 5.02 Å². The van der Waals surface area contributed by atoms with Gasteiger partial charge in [0.05, 0.1) is 22.2 Å². The van der Waals surface area contributed by atoms with Crippen LogP contribution in [-0.2, 0) is 11.3 Å². The number of benzene rings is 2. The van der Waals surface area contributed by atoms with Gasteiger partial charge in [-0.3, -0.25) is 14.2 Å². The van der Waals surface area contributed by atoms with E-state index in [9.17, 15) is 9.59 Å². The van der Waals surface area contributed by atoms with E-state index in [4.69, 9.17) is 16.9 Å². The molecule has 3 rings (SSSR count). The average molecular weight is 353 g/mol. The zero-order valence-corrected chi connectivity index (χ0v) is 14.0. The molecule has 0 aliphatic rings. The molecule has 0 aliphatic heterocycles. The van der Waals surface area contributed by atoms with Crippen LogP contribution in [0.2, 0.25) is 5.02 Å². The Morgan fingerprint density at radius 2 is 2.08 bits per heavy atom. The van der Waals surface area contributed by atoms with Crippen LogP contribution in [0.15, 0.2) is 47.3 Å². The lowest BCUT2D eigenvalue weighted by atomic mass is 10.2. The van der Waals surface area contributed by atoms with Gasteiger partial charge in [-0.15, -0.1) is 0 Å². The number of halogens is 1. The van der Waals surface area contributed by atoms with Crippen molar-refractivity contribution in [2.24, 2.45) is 0 Å². The van der Waals surface area contributed by atoms with E-state index in [-0.39, 0.29) is 12.1 Å². The summed E-state index contributed by atoms with van der Waals surface area (Å²) in [5, 5.41) is 12.6. The lowest BCUT2D eigenvalue weighted by Gasteiger charge is -2.12. The number of hydrogen-bond acceptors (Lipinski definition) is 4. The Kier molecular flexibility index (Phi) is 4.50. The molecule has 1 amide bonds. The lowest BCUT2D eigenvalue weighted by Crippen LogP contribution is -2.30. The molecule has 0 unspecified atom stereocenters. The van der Waals surface area contributed by atoms with Gasteiger partial charge in [-0.2, -0.15) is 5.26 Å². The minimum atomic E-state index is -0.443. The normalized spacial score (nSPS) is 10.4. The van der Waals surface area contributed by atoms with E-state index in [2.05, 4.69) is 10.3 Å². The Hall–Kier alpha value is -3.17. The highest BCUT2D eigenvalue weighted by atomic mass is 35.5. The van der Waals surface area contributed by atoms with Crippen LogP contribution in [0.5, 0.6) is 0 Å². The number of para-hydroxylation sites is 1. The number of nitrogens with zero attached hydrogens (tertiary/aromatic N) is 3. The maximum atomic E-state index is 12.6. The van der Waals surface area contributed by atoms with Gasteiger partial charge in [-0.1, -0.05) is 23.7 Å². The highest BCUT2D eigenvalue weighted by molar-refractivity contribution is 6.31. The molecule has 0 radical (unpaired) electrons. The van der Waals surface area contributed by atoms with Gasteiger partial charge in [0.2, 0.25) is 5.91 Å². The molecule has 124 valence electrons. The van der Waals surface area contributed by atoms with E-state index < -0.39 is 5.91 Å². The standard InChI is InChI=1S/C18H13ClN4O2/c1-11-21-15-5-3-2-4-14(15)18(25)23(11)10-17(24)22-16-8-13(19)7-6-12(16)9-20/h2-8H,10H2,1H3,(H,22,24). The van der Waals surface area contributed by atoms with E-state index in [0.717, 1.165) is 0 Å². The van der Waals surface area contributed by atoms with Crippen LogP contribution in [0.3, 0.4) is 0 Å². The van der Waals surface area contributed by atoms with Gasteiger partial charge >= 0.3 is 0 Å². The van der Waals surface area contributed by atoms with E-state index in [1.165, 1.54) is 16.7 Å². The topological polar surface area (TPSA) is 87.8 Å². The molecule has 0 atom stereocenters. The highest BCUT2D eigenvalue weighted by Gasteiger charge is 2.13. The zero-order chi connectivity index (χ0) is 18.0. The summed E-state index contributed by atoms with van der Waals surface area (Å²) in [6.07, 6.45) is 0. The summed E-state index contributed by atoms with van der Waals surface area (Å²) in [4.78, 5) is 29.3. The smallest absolute Gasteiger partial charge is 0.261 e. The number of hydrogen-bond donors (Lipinski definition) is 1. The first-order chi connectivity index (χ1) is 12.0. The fourth-order valence-electron chi connectivity index (χ4n) is 2.52. The summed E-state index contributed by atoms with van der Waals surface area (Å²) in [5.41, 5.74) is 0.894. The third-order valence-electron chi connectivity index (χ3n) is 3.73. The number of nitrogens with one attached hydrogen (secondary N) is 1. The molecule has 2 aromatic carbocycles. The van der Waals surface area contributed by atoms with Crippen LogP contribution in [-0.4, -0.2) is 15.5 Å². The molecule has 0 aliphatic carbocycles. The van der Waals surface area contributed by atoms with Gasteiger partial charge in [-0.25, -0.2) is 4.98 Å². The number of aryl methyl sites for hydroxylation is 1. The van der Waals surface area contributed by atoms with Crippen molar-refractivity contribution in [2.45, 2.75) is 13.5 Å². The zero-order valence-electron chi connectivity index (χ0n) is 13.3. The molecule has 1 heterocycles. The summed E-state index contributed by atoms with van der Waals surface area (Å²) in [5.74, 6) is -0.00787. The van der Waals surface area contributed by atoms with Crippen molar-refractivity contribution in [1.82, 2.24) is 9.55 Å².